The number of hydrogen-bond donors (Lipinski definition) is 0. The van der Waals surface area contributed by atoms with Crippen LogP contribution in [0, 0.1) is 11.3 Å². The molecule has 11 heavy (non-hydrogen) atoms. The minimum Gasteiger partial charge on any atom is -0.192 e. The first-order valence-corrected chi connectivity index (χ1v) is 4.05. The van der Waals surface area contributed by atoms with E-state index in [1.165, 1.54) is 12.2 Å². The molecule has 0 saturated heterocycles. The van der Waals surface area contributed by atoms with E-state index in [-0.39, 0.29) is 0 Å². The van der Waals surface area contributed by atoms with Crippen molar-refractivity contribution < 1.29 is 8.42 Å². The van der Waals surface area contributed by atoms with Crippen molar-refractivity contribution in [1.82, 2.24) is 0 Å². The Morgan fingerprint density at radius 3 is 2.55 bits per heavy atom. The normalized spacial score (nSPS) is 15.5. The van der Waals surface area contributed by atoms with Crippen LogP contribution in [-0.2, 0) is 10.3 Å². The summed E-state index contributed by atoms with van der Waals surface area (Å²) in [6.45, 7) is 0. The first kappa shape index (κ1) is 7.76. The first-order valence-electron chi connectivity index (χ1n) is 2.97. The van der Waals surface area contributed by atoms with Crippen LogP contribution >= 0.6 is 0 Å². The van der Waals surface area contributed by atoms with Crippen LogP contribution in [0.25, 0.3) is 0 Å². The van der Waals surface area contributed by atoms with E-state index in [0.29, 0.717) is 16.9 Å². The van der Waals surface area contributed by atoms with Gasteiger partial charge < -0.3 is 0 Å². The van der Waals surface area contributed by atoms with Gasteiger partial charge >= 0.3 is 0 Å². The standard InChI is InChI=1S/C7H5NO2S/c8-5-6-1-3-7(4-2-6)11(9)10/h1-3H,4H2. The highest BCUT2D eigenvalue weighted by Gasteiger charge is 2.01. The number of allylic oxidation sites excluding steroid dienone is 4. The van der Waals surface area contributed by atoms with Crippen LogP contribution in [-0.4, -0.2) is 13.3 Å². The lowest BCUT2D eigenvalue weighted by atomic mass is 10.1. The second kappa shape index (κ2) is 3.17. The van der Waals surface area contributed by atoms with Gasteiger partial charge in [-0.25, -0.2) is 0 Å². The molecule has 0 spiro atoms. The average molecular weight is 167 g/mol. The predicted octanol–water partition coefficient (Wildman–Crippen LogP) is 0.448. The fraction of sp³-hybridized carbons (Fsp3) is 0.143. The smallest absolute Gasteiger partial charge is 0.192 e. The Hall–Kier alpha value is -1.34. The lowest BCUT2D eigenvalue weighted by Gasteiger charge is -1.96. The van der Waals surface area contributed by atoms with Gasteiger partial charge in [0.05, 0.1) is 10.9 Å². The van der Waals surface area contributed by atoms with Crippen LogP contribution in [0.2, 0.25) is 0 Å². The third-order valence-corrected chi connectivity index (χ3v) is 2.05. The molecule has 0 N–H and O–H groups in total. The molecule has 0 fully saturated rings. The molecule has 0 radical (unpaired) electrons. The minimum absolute atomic E-state index is 0.323. The molecule has 0 aromatic heterocycles. The second-order valence-corrected chi connectivity index (χ2v) is 3.00. The van der Waals surface area contributed by atoms with Crippen LogP contribution < -0.4 is 0 Å². The molecule has 56 valence electrons. The number of rotatable bonds is 0. The molecular weight excluding hydrogens is 162 g/mol. The fourth-order valence-corrected chi connectivity index (χ4v) is 1.13. The summed E-state index contributed by atoms with van der Waals surface area (Å²) in [6, 6.07) is 1.92. The summed E-state index contributed by atoms with van der Waals surface area (Å²) in [6.07, 6.45) is 4.86. The third kappa shape index (κ3) is 1.79. The monoisotopic (exact) mass is 167 g/mol. The van der Waals surface area contributed by atoms with Gasteiger partial charge in [0.25, 0.3) is 0 Å². The Labute approximate surface area is 65.8 Å². The van der Waals surface area contributed by atoms with Gasteiger partial charge in [-0.15, -0.1) is 0 Å². The maximum Gasteiger partial charge on any atom is 0.217 e. The Morgan fingerprint density at radius 1 is 1.45 bits per heavy atom. The summed E-state index contributed by atoms with van der Waals surface area (Å²) in [7, 11) is -2.14. The van der Waals surface area contributed by atoms with Crippen LogP contribution in [0.5, 0.6) is 0 Å². The highest BCUT2D eigenvalue weighted by Crippen LogP contribution is 2.05. The summed E-state index contributed by atoms with van der Waals surface area (Å²) >= 11 is 0. The van der Waals surface area contributed by atoms with E-state index in [2.05, 4.69) is 0 Å². The second-order valence-electron chi connectivity index (χ2n) is 2.01. The zero-order chi connectivity index (χ0) is 8.27. The first-order chi connectivity index (χ1) is 5.24. The van der Waals surface area contributed by atoms with E-state index in [1.54, 1.807) is 6.08 Å². The van der Waals surface area contributed by atoms with E-state index in [0.717, 1.165) is 0 Å². The zero-order valence-electron chi connectivity index (χ0n) is 5.61. The number of nitrogens with zero attached hydrogens (tertiary/aromatic N) is 1. The Balaban J connectivity index is 3.01. The minimum atomic E-state index is -2.14. The highest BCUT2D eigenvalue weighted by atomic mass is 32.2. The van der Waals surface area contributed by atoms with Crippen molar-refractivity contribution in [2.45, 2.75) is 6.42 Å². The maximum absolute atomic E-state index is 10.3. The van der Waals surface area contributed by atoms with E-state index >= 15 is 0 Å². The molecule has 0 aromatic carbocycles. The summed E-state index contributed by atoms with van der Waals surface area (Å²) in [5, 5.41) is 8.38. The molecule has 1 aliphatic carbocycles. The predicted molar refractivity (Wildman–Crippen MR) is 41.4 cm³/mol. The summed E-state index contributed by atoms with van der Waals surface area (Å²) in [4.78, 5) is 0.323. The van der Waals surface area contributed by atoms with Crippen molar-refractivity contribution in [3.8, 4) is 6.07 Å². The lowest BCUT2D eigenvalue weighted by molar-refractivity contribution is 0.627. The molecule has 0 aromatic rings. The largest absolute Gasteiger partial charge is 0.217 e. The Bertz CT molecular complexity index is 385. The van der Waals surface area contributed by atoms with Crippen molar-refractivity contribution in [3.05, 3.63) is 23.8 Å². The number of hydrogen-bond acceptors (Lipinski definition) is 3. The van der Waals surface area contributed by atoms with Gasteiger partial charge in [0, 0.05) is 12.0 Å². The third-order valence-electron chi connectivity index (χ3n) is 1.32. The molecule has 0 amide bonds. The maximum atomic E-state index is 10.3. The quantitative estimate of drug-likeness (QED) is 0.492. The topological polar surface area (TPSA) is 57.9 Å². The van der Waals surface area contributed by atoms with Gasteiger partial charge in [0.15, 0.2) is 0 Å². The van der Waals surface area contributed by atoms with Gasteiger partial charge in [-0.2, -0.15) is 13.7 Å². The zero-order valence-corrected chi connectivity index (χ0v) is 6.43. The molecule has 0 aliphatic heterocycles. The van der Waals surface area contributed by atoms with Crippen molar-refractivity contribution >= 4 is 15.2 Å². The van der Waals surface area contributed by atoms with E-state index in [4.69, 9.17) is 5.26 Å². The van der Waals surface area contributed by atoms with Crippen LogP contribution in [0.4, 0.5) is 0 Å². The molecule has 0 atom stereocenters. The van der Waals surface area contributed by atoms with Crippen molar-refractivity contribution in [1.29, 1.82) is 5.26 Å². The molecule has 3 nitrogen and oxygen atoms in total. The molecule has 0 unspecified atom stereocenters. The summed E-state index contributed by atoms with van der Waals surface area (Å²) in [5.41, 5.74) is 0.513. The van der Waals surface area contributed by atoms with E-state index in [1.807, 2.05) is 6.07 Å². The SMILES string of the molecule is N#CC1=CCC(=S(=O)=O)C=C1. The summed E-state index contributed by atoms with van der Waals surface area (Å²) < 4.78 is 20.7. The van der Waals surface area contributed by atoms with Crippen LogP contribution in [0.3, 0.4) is 0 Å². The van der Waals surface area contributed by atoms with Crippen LogP contribution in [0.15, 0.2) is 23.8 Å². The van der Waals surface area contributed by atoms with Gasteiger partial charge in [-0.3, -0.25) is 0 Å². The highest BCUT2D eigenvalue weighted by molar-refractivity contribution is 7.73. The van der Waals surface area contributed by atoms with E-state index in [9.17, 15) is 8.42 Å². The van der Waals surface area contributed by atoms with Crippen molar-refractivity contribution in [3.63, 3.8) is 0 Å². The molecule has 4 heteroatoms. The van der Waals surface area contributed by atoms with Crippen molar-refractivity contribution in [2.24, 2.45) is 0 Å². The molecular formula is C7H5NO2S. The number of nitriles is 1. The Morgan fingerprint density at radius 2 is 2.18 bits per heavy atom. The fourth-order valence-electron chi connectivity index (χ4n) is 0.736. The molecule has 1 rings (SSSR count). The van der Waals surface area contributed by atoms with Crippen LogP contribution in [0.1, 0.15) is 6.42 Å². The van der Waals surface area contributed by atoms with E-state index < -0.39 is 10.3 Å². The summed E-state index contributed by atoms with van der Waals surface area (Å²) in [5.74, 6) is 0. The van der Waals surface area contributed by atoms with Gasteiger partial charge in [-0.05, 0) is 12.2 Å². The molecule has 0 saturated carbocycles. The molecule has 1 aliphatic rings. The van der Waals surface area contributed by atoms with Gasteiger partial charge in [-0.1, -0.05) is 6.08 Å². The molecule has 0 heterocycles. The van der Waals surface area contributed by atoms with Crippen molar-refractivity contribution in [2.75, 3.05) is 0 Å². The Kier molecular flexibility index (Phi) is 2.24. The lowest BCUT2D eigenvalue weighted by Crippen LogP contribution is -1.97. The average Bonchev–Trinajstić information content (AvgIpc) is 2.05. The van der Waals surface area contributed by atoms with Gasteiger partial charge in [0.2, 0.25) is 10.3 Å². The molecule has 0 bridgehead atoms. The van der Waals surface area contributed by atoms with Gasteiger partial charge in [0.1, 0.15) is 0 Å².